The van der Waals surface area contributed by atoms with E-state index in [9.17, 15) is 8.42 Å². The van der Waals surface area contributed by atoms with Gasteiger partial charge in [-0.1, -0.05) is 12.5 Å². The minimum absolute atomic E-state index is 0.275. The third kappa shape index (κ3) is 4.01. The van der Waals surface area contributed by atoms with Gasteiger partial charge in [-0.25, -0.2) is 13.1 Å². The van der Waals surface area contributed by atoms with Crippen molar-refractivity contribution in [1.29, 1.82) is 0 Å². The van der Waals surface area contributed by atoms with Crippen LogP contribution in [0.15, 0.2) is 33.6 Å². The van der Waals surface area contributed by atoms with Gasteiger partial charge in [-0.15, -0.1) is 5.10 Å². The molecule has 2 aliphatic heterocycles. The Kier molecular flexibility index (Phi) is 5.45. The van der Waals surface area contributed by atoms with E-state index in [-0.39, 0.29) is 4.90 Å². The molecule has 0 aliphatic carbocycles. The summed E-state index contributed by atoms with van der Waals surface area (Å²) in [7, 11) is -3.49. The van der Waals surface area contributed by atoms with Gasteiger partial charge in [-0.2, -0.15) is 4.31 Å². The number of aromatic nitrogens is 2. The first-order valence-electron chi connectivity index (χ1n) is 9.45. The number of benzene rings is 1. The number of hydrogen-bond donors (Lipinski definition) is 0. The van der Waals surface area contributed by atoms with Crippen molar-refractivity contribution in [3.8, 4) is 11.5 Å². The summed E-state index contributed by atoms with van der Waals surface area (Å²) < 4.78 is 34.7. The Bertz CT molecular complexity index is 955. The van der Waals surface area contributed by atoms with E-state index in [0.29, 0.717) is 36.0 Å². The molecule has 0 unspecified atom stereocenters. The van der Waals surface area contributed by atoms with Crippen molar-refractivity contribution in [3.63, 3.8) is 0 Å². The molecule has 3 heterocycles. The summed E-state index contributed by atoms with van der Waals surface area (Å²) in [5, 5.41) is 4.47. The lowest BCUT2D eigenvalue weighted by molar-refractivity contribution is 0.249. The van der Waals surface area contributed by atoms with Crippen LogP contribution >= 0.6 is 12.2 Å². The van der Waals surface area contributed by atoms with E-state index in [1.54, 1.807) is 33.3 Å². The second kappa shape index (κ2) is 7.83. The maximum atomic E-state index is 12.9. The highest BCUT2D eigenvalue weighted by atomic mass is 32.2. The van der Waals surface area contributed by atoms with Crippen LogP contribution < -0.4 is 0 Å². The highest BCUT2D eigenvalue weighted by Crippen LogP contribution is 2.25. The summed E-state index contributed by atoms with van der Waals surface area (Å²) in [4.78, 5) is 2.86. The number of rotatable bonds is 5. The minimum Gasteiger partial charge on any atom is -0.409 e. The van der Waals surface area contributed by atoms with Gasteiger partial charge in [-0.3, -0.25) is 4.90 Å². The highest BCUT2D eigenvalue weighted by molar-refractivity contribution is 7.89. The molecule has 0 atom stereocenters. The highest BCUT2D eigenvalue weighted by Gasteiger charge is 2.26. The molecular formula is C18H24N4O3S2. The Morgan fingerprint density at radius 1 is 1.04 bits per heavy atom. The van der Waals surface area contributed by atoms with Crippen LogP contribution in [0.4, 0.5) is 0 Å². The van der Waals surface area contributed by atoms with Crippen molar-refractivity contribution in [2.45, 2.75) is 43.7 Å². The largest absolute Gasteiger partial charge is 0.409 e. The number of likely N-dealkylation sites (tertiary alicyclic amines) is 1. The minimum atomic E-state index is -3.49. The molecule has 1 aromatic carbocycles. The molecule has 4 rings (SSSR count). The van der Waals surface area contributed by atoms with Crippen LogP contribution in [-0.2, 0) is 16.7 Å². The molecule has 7 nitrogen and oxygen atoms in total. The molecule has 0 spiro atoms. The number of piperidine rings is 1. The van der Waals surface area contributed by atoms with Gasteiger partial charge in [-0.05, 0) is 69.2 Å². The zero-order valence-corrected chi connectivity index (χ0v) is 16.8. The quantitative estimate of drug-likeness (QED) is 0.708. The van der Waals surface area contributed by atoms with Gasteiger partial charge < -0.3 is 4.42 Å². The Morgan fingerprint density at radius 2 is 1.74 bits per heavy atom. The van der Waals surface area contributed by atoms with Gasteiger partial charge in [0.15, 0.2) is 0 Å². The normalized spacial score (nSPS) is 19.6. The third-order valence-corrected chi connectivity index (χ3v) is 7.36. The lowest BCUT2D eigenvalue weighted by atomic mass is 10.2. The molecule has 2 aliphatic rings. The molecule has 0 saturated carbocycles. The van der Waals surface area contributed by atoms with Crippen molar-refractivity contribution in [3.05, 3.63) is 29.1 Å². The van der Waals surface area contributed by atoms with E-state index in [4.69, 9.17) is 16.6 Å². The molecular weight excluding hydrogens is 384 g/mol. The summed E-state index contributed by atoms with van der Waals surface area (Å²) in [6.45, 7) is 3.84. The van der Waals surface area contributed by atoms with Crippen LogP contribution in [0.2, 0.25) is 0 Å². The molecule has 2 aromatic rings. The average Bonchev–Trinajstić information content (AvgIpc) is 3.33. The molecule has 2 saturated heterocycles. The molecule has 27 heavy (non-hydrogen) atoms. The summed E-state index contributed by atoms with van der Waals surface area (Å²) >= 11 is 5.30. The van der Waals surface area contributed by atoms with Crippen LogP contribution in [0, 0.1) is 4.84 Å². The average molecular weight is 409 g/mol. The monoisotopic (exact) mass is 408 g/mol. The van der Waals surface area contributed by atoms with Crippen molar-refractivity contribution >= 4 is 22.2 Å². The van der Waals surface area contributed by atoms with E-state index in [2.05, 4.69) is 10.00 Å². The van der Waals surface area contributed by atoms with Crippen LogP contribution in [0.3, 0.4) is 0 Å². The zero-order chi connectivity index (χ0) is 18.9. The fourth-order valence-corrected chi connectivity index (χ4v) is 5.41. The molecule has 0 bridgehead atoms. The van der Waals surface area contributed by atoms with Crippen molar-refractivity contribution < 1.29 is 12.8 Å². The van der Waals surface area contributed by atoms with Gasteiger partial charge in [0.05, 0.1) is 11.6 Å². The third-order valence-electron chi connectivity index (χ3n) is 5.17. The Labute approximate surface area is 164 Å². The second-order valence-electron chi connectivity index (χ2n) is 7.13. The Morgan fingerprint density at radius 3 is 2.48 bits per heavy atom. The first kappa shape index (κ1) is 18.8. The van der Waals surface area contributed by atoms with E-state index in [0.717, 1.165) is 32.4 Å². The SMILES string of the molecule is O=S(=O)(c1cccc(-c2nn(CN3CCCC3)c(=S)o2)c1)N1CCCCC1. The zero-order valence-electron chi connectivity index (χ0n) is 15.2. The van der Waals surface area contributed by atoms with Crippen molar-refractivity contribution in [1.82, 2.24) is 19.0 Å². The fraction of sp³-hybridized carbons (Fsp3) is 0.556. The Balaban J connectivity index is 1.60. The standard InChI is InChI=1S/C18H24N4O3S2/c23-27(24,21-11-2-1-3-12-21)16-8-6-7-15(13-16)17-19-22(18(26)25-17)14-20-9-4-5-10-20/h6-8,13H,1-5,9-12,14H2. The van der Waals surface area contributed by atoms with Gasteiger partial charge in [0.1, 0.15) is 0 Å². The maximum Gasteiger partial charge on any atom is 0.288 e. The maximum absolute atomic E-state index is 12.9. The van der Waals surface area contributed by atoms with Crippen LogP contribution in [0.1, 0.15) is 32.1 Å². The molecule has 146 valence electrons. The summed E-state index contributed by atoms with van der Waals surface area (Å²) in [6.07, 6.45) is 5.28. The fourth-order valence-electron chi connectivity index (χ4n) is 3.67. The number of hydrogen-bond acceptors (Lipinski definition) is 6. The van der Waals surface area contributed by atoms with E-state index >= 15 is 0 Å². The first-order chi connectivity index (χ1) is 13.0. The smallest absolute Gasteiger partial charge is 0.288 e. The van der Waals surface area contributed by atoms with E-state index in [1.165, 1.54) is 12.8 Å². The van der Waals surface area contributed by atoms with Crippen molar-refractivity contribution in [2.24, 2.45) is 0 Å². The molecule has 0 radical (unpaired) electrons. The predicted octanol–water partition coefficient (Wildman–Crippen LogP) is 3.10. The van der Waals surface area contributed by atoms with Gasteiger partial charge in [0, 0.05) is 18.7 Å². The summed E-state index contributed by atoms with van der Waals surface area (Å²) in [6, 6.07) is 6.79. The summed E-state index contributed by atoms with van der Waals surface area (Å²) in [5.41, 5.74) is 0.624. The van der Waals surface area contributed by atoms with Crippen molar-refractivity contribution in [2.75, 3.05) is 26.2 Å². The number of sulfonamides is 1. The van der Waals surface area contributed by atoms with Gasteiger partial charge >= 0.3 is 0 Å². The Hall–Kier alpha value is -1.55. The molecule has 1 aromatic heterocycles. The second-order valence-corrected chi connectivity index (χ2v) is 9.42. The van der Waals surface area contributed by atoms with Crippen LogP contribution in [-0.4, -0.2) is 53.6 Å². The van der Waals surface area contributed by atoms with Gasteiger partial charge in [0.2, 0.25) is 15.9 Å². The van der Waals surface area contributed by atoms with Crippen LogP contribution in [0.25, 0.3) is 11.5 Å². The lowest BCUT2D eigenvalue weighted by Crippen LogP contribution is -2.35. The first-order valence-corrected chi connectivity index (χ1v) is 11.3. The molecule has 9 heteroatoms. The van der Waals surface area contributed by atoms with Crippen LogP contribution in [0.5, 0.6) is 0 Å². The molecule has 0 amide bonds. The molecule has 0 N–H and O–H groups in total. The van der Waals surface area contributed by atoms with E-state index < -0.39 is 10.0 Å². The van der Waals surface area contributed by atoms with E-state index in [1.807, 2.05) is 0 Å². The predicted molar refractivity (Wildman–Crippen MR) is 104 cm³/mol. The topological polar surface area (TPSA) is 71.6 Å². The summed E-state index contributed by atoms with van der Waals surface area (Å²) in [5.74, 6) is 0.356. The van der Waals surface area contributed by atoms with Gasteiger partial charge in [0.25, 0.3) is 4.84 Å². The number of nitrogens with zero attached hydrogens (tertiary/aromatic N) is 4. The molecule has 2 fully saturated rings. The lowest BCUT2D eigenvalue weighted by Gasteiger charge is -2.25.